The van der Waals surface area contributed by atoms with E-state index in [0.29, 0.717) is 19.0 Å². The van der Waals surface area contributed by atoms with Crippen molar-refractivity contribution in [3.63, 3.8) is 0 Å². The maximum atomic E-state index is 12.2. The number of rotatable bonds is 7. The molecule has 1 atom stereocenters. The molecule has 3 heterocycles. The Labute approximate surface area is 148 Å². The second-order valence-corrected chi connectivity index (χ2v) is 6.82. The number of piperidine rings is 1. The van der Waals surface area contributed by atoms with Crippen molar-refractivity contribution in [2.24, 2.45) is 0 Å². The zero-order valence-electron chi connectivity index (χ0n) is 15.1. The van der Waals surface area contributed by atoms with Gasteiger partial charge in [-0.05, 0) is 57.7 Å². The molecule has 0 radical (unpaired) electrons. The van der Waals surface area contributed by atoms with Crippen LogP contribution in [-0.4, -0.2) is 45.5 Å². The molecule has 0 saturated carbocycles. The molecule has 1 saturated heterocycles. The monoisotopic (exact) mass is 344 g/mol. The zero-order chi connectivity index (χ0) is 17.6. The van der Waals surface area contributed by atoms with Crippen LogP contribution in [0, 0.1) is 13.8 Å². The molecule has 1 amide bonds. The molecule has 7 nitrogen and oxygen atoms in total. The van der Waals surface area contributed by atoms with E-state index >= 15 is 0 Å². The normalized spacial score (nSPS) is 17.6. The van der Waals surface area contributed by atoms with E-state index in [4.69, 9.17) is 0 Å². The van der Waals surface area contributed by atoms with Crippen LogP contribution < -0.4 is 10.6 Å². The van der Waals surface area contributed by atoms with Crippen LogP contribution in [0.5, 0.6) is 0 Å². The van der Waals surface area contributed by atoms with Gasteiger partial charge in [0.2, 0.25) is 5.91 Å². The SMILES string of the molecule is Cc1n[nH]c(C)c1CCCNC(=O)Cn1nccc1[C@H]1CCCNC1. The molecule has 0 unspecified atom stereocenters. The van der Waals surface area contributed by atoms with E-state index in [2.05, 4.69) is 25.9 Å². The summed E-state index contributed by atoms with van der Waals surface area (Å²) in [5.74, 6) is 0.477. The minimum absolute atomic E-state index is 0.0226. The molecule has 3 rings (SSSR count). The number of amides is 1. The Kier molecular flexibility index (Phi) is 5.86. The minimum atomic E-state index is 0.0226. The number of nitrogens with one attached hydrogen (secondary N) is 3. The van der Waals surface area contributed by atoms with Gasteiger partial charge in [0.05, 0.1) is 5.69 Å². The van der Waals surface area contributed by atoms with E-state index in [1.165, 1.54) is 12.0 Å². The highest BCUT2D eigenvalue weighted by Gasteiger charge is 2.19. The highest BCUT2D eigenvalue weighted by atomic mass is 16.2. The molecule has 25 heavy (non-hydrogen) atoms. The Morgan fingerprint density at radius 1 is 1.44 bits per heavy atom. The molecule has 2 aromatic rings. The molecule has 0 aromatic carbocycles. The van der Waals surface area contributed by atoms with Crippen LogP contribution >= 0.6 is 0 Å². The maximum Gasteiger partial charge on any atom is 0.241 e. The number of nitrogens with zero attached hydrogens (tertiary/aromatic N) is 3. The number of aromatic nitrogens is 4. The summed E-state index contributed by atoms with van der Waals surface area (Å²) < 4.78 is 1.84. The molecular weight excluding hydrogens is 316 g/mol. The van der Waals surface area contributed by atoms with Gasteiger partial charge in [-0.2, -0.15) is 10.2 Å². The Balaban J connectivity index is 1.44. The van der Waals surface area contributed by atoms with Crippen LogP contribution in [0.1, 0.15) is 47.8 Å². The van der Waals surface area contributed by atoms with E-state index in [1.807, 2.05) is 24.6 Å². The van der Waals surface area contributed by atoms with Crippen LogP contribution in [0.4, 0.5) is 0 Å². The van der Waals surface area contributed by atoms with Crippen LogP contribution in [0.25, 0.3) is 0 Å². The summed E-state index contributed by atoms with van der Waals surface area (Å²) in [4.78, 5) is 12.2. The van der Waals surface area contributed by atoms with Crippen molar-refractivity contribution in [1.29, 1.82) is 0 Å². The third kappa shape index (κ3) is 4.48. The molecule has 0 bridgehead atoms. The molecule has 2 aromatic heterocycles. The molecular formula is C18H28N6O. The lowest BCUT2D eigenvalue weighted by Gasteiger charge is -2.23. The fraction of sp³-hybridized carbons (Fsp3) is 0.611. The first-order valence-electron chi connectivity index (χ1n) is 9.14. The number of hydrogen-bond donors (Lipinski definition) is 3. The van der Waals surface area contributed by atoms with Gasteiger partial charge in [-0.25, -0.2) is 0 Å². The van der Waals surface area contributed by atoms with Crippen LogP contribution in [0.3, 0.4) is 0 Å². The largest absolute Gasteiger partial charge is 0.354 e. The quantitative estimate of drug-likeness (QED) is 0.663. The minimum Gasteiger partial charge on any atom is -0.354 e. The topological polar surface area (TPSA) is 87.6 Å². The van der Waals surface area contributed by atoms with Crippen LogP contribution in [0.2, 0.25) is 0 Å². The average Bonchev–Trinajstić information content (AvgIpc) is 3.20. The van der Waals surface area contributed by atoms with Gasteiger partial charge in [-0.1, -0.05) is 0 Å². The van der Waals surface area contributed by atoms with E-state index in [-0.39, 0.29) is 5.91 Å². The summed E-state index contributed by atoms with van der Waals surface area (Å²) >= 11 is 0. The van der Waals surface area contributed by atoms with E-state index in [9.17, 15) is 4.79 Å². The smallest absolute Gasteiger partial charge is 0.241 e. The van der Waals surface area contributed by atoms with Crippen LogP contribution in [0.15, 0.2) is 12.3 Å². The summed E-state index contributed by atoms with van der Waals surface area (Å²) in [5, 5.41) is 18.0. The van der Waals surface area contributed by atoms with Gasteiger partial charge in [0.15, 0.2) is 0 Å². The number of aromatic amines is 1. The predicted octanol–water partition coefficient (Wildman–Crippen LogP) is 1.44. The molecule has 0 aliphatic carbocycles. The lowest BCUT2D eigenvalue weighted by atomic mass is 9.96. The van der Waals surface area contributed by atoms with Crippen LogP contribution in [-0.2, 0) is 17.8 Å². The summed E-state index contributed by atoms with van der Waals surface area (Å²) in [5.41, 5.74) is 4.58. The second kappa shape index (κ2) is 8.29. The number of hydrogen-bond acceptors (Lipinski definition) is 4. The third-order valence-corrected chi connectivity index (χ3v) is 4.96. The summed E-state index contributed by atoms with van der Waals surface area (Å²) in [6.45, 7) is 7.06. The first-order valence-corrected chi connectivity index (χ1v) is 9.14. The Morgan fingerprint density at radius 2 is 2.32 bits per heavy atom. The fourth-order valence-corrected chi connectivity index (χ4v) is 3.55. The van der Waals surface area contributed by atoms with Crippen molar-refractivity contribution in [1.82, 2.24) is 30.6 Å². The molecule has 1 fully saturated rings. The third-order valence-electron chi connectivity index (χ3n) is 4.96. The highest BCUT2D eigenvalue weighted by molar-refractivity contribution is 5.75. The van der Waals surface area contributed by atoms with E-state index in [1.54, 1.807) is 6.20 Å². The van der Waals surface area contributed by atoms with Gasteiger partial charge in [0.1, 0.15) is 6.54 Å². The Morgan fingerprint density at radius 3 is 3.04 bits per heavy atom. The molecule has 3 N–H and O–H groups in total. The van der Waals surface area contributed by atoms with Crippen molar-refractivity contribution in [3.05, 3.63) is 34.9 Å². The van der Waals surface area contributed by atoms with Gasteiger partial charge < -0.3 is 10.6 Å². The molecule has 1 aliphatic heterocycles. The van der Waals surface area contributed by atoms with Crippen molar-refractivity contribution >= 4 is 5.91 Å². The van der Waals surface area contributed by atoms with Gasteiger partial charge in [-0.15, -0.1) is 0 Å². The summed E-state index contributed by atoms with van der Waals surface area (Å²) in [6.07, 6.45) is 5.96. The summed E-state index contributed by atoms with van der Waals surface area (Å²) in [7, 11) is 0. The van der Waals surface area contributed by atoms with Crippen molar-refractivity contribution in [2.75, 3.05) is 19.6 Å². The average molecular weight is 344 g/mol. The standard InChI is InChI=1S/C18H28N6O/c1-13-16(14(2)23-22-13)6-4-9-20-18(25)12-24-17(7-10-21-24)15-5-3-8-19-11-15/h7,10,15,19H,3-6,8-9,11-12H2,1-2H3,(H,20,25)(H,22,23)/t15-/m0/s1. The maximum absolute atomic E-state index is 12.2. The molecule has 7 heteroatoms. The van der Waals surface area contributed by atoms with Gasteiger partial charge in [0.25, 0.3) is 0 Å². The number of carbonyl (C=O) groups is 1. The van der Waals surface area contributed by atoms with Gasteiger partial charge >= 0.3 is 0 Å². The number of aryl methyl sites for hydroxylation is 2. The van der Waals surface area contributed by atoms with E-state index < -0.39 is 0 Å². The zero-order valence-corrected chi connectivity index (χ0v) is 15.1. The highest BCUT2D eigenvalue weighted by Crippen LogP contribution is 2.22. The van der Waals surface area contributed by atoms with Crippen molar-refractivity contribution in [2.45, 2.75) is 52.0 Å². The Hall–Kier alpha value is -2.15. The molecule has 136 valence electrons. The Bertz CT molecular complexity index is 679. The first-order chi connectivity index (χ1) is 12.1. The first kappa shape index (κ1) is 17.7. The lowest BCUT2D eigenvalue weighted by molar-refractivity contribution is -0.121. The lowest BCUT2D eigenvalue weighted by Crippen LogP contribution is -2.32. The number of carbonyl (C=O) groups excluding carboxylic acids is 1. The van der Waals surface area contributed by atoms with Crippen molar-refractivity contribution in [3.8, 4) is 0 Å². The number of H-pyrrole nitrogens is 1. The van der Waals surface area contributed by atoms with E-state index in [0.717, 1.165) is 49.4 Å². The van der Waals surface area contributed by atoms with Crippen molar-refractivity contribution < 1.29 is 4.79 Å². The fourth-order valence-electron chi connectivity index (χ4n) is 3.55. The molecule has 0 spiro atoms. The summed E-state index contributed by atoms with van der Waals surface area (Å²) in [6, 6.07) is 2.04. The predicted molar refractivity (Wildman–Crippen MR) is 96.5 cm³/mol. The van der Waals surface area contributed by atoms with Gasteiger partial charge in [-0.3, -0.25) is 14.6 Å². The second-order valence-electron chi connectivity index (χ2n) is 6.82. The van der Waals surface area contributed by atoms with Gasteiger partial charge in [0, 0.05) is 36.6 Å². The molecule has 1 aliphatic rings.